The van der Waals surface area contributed by atoms with Crippen molar-refractivity contribution in [2.45, 2.75) is 17.3 Å². The molecule has 1 heterocycles. The smallest absolute Gasteiger partial charge is 0.191 e. The lowest BCUT2D eigenvalue weighted by Gasteiger charge is -2.04. The van der Waals surface area contributed by atoms with Crippen molar-refractivity contribution < 1.29 is 0 Å². The quantitative estimate of drug-likeness (QED) is 0.652. The first-order valence-corrected chi connectivity index (χ1v) is 8.38. The summed E-state index contributed by atoms with van der Waals surface area (Å²) >= 11 is 7.58. The van der Waals surface area contributed by atoms with E-state index in [0.717, 1.165) is 28.2 Å². The minimum atomic E-state index is 0.762. The van der Waals surface area contributed by atoms with E-state index < -0.39 is 0 Å². The van der Waals surface area contributed by atoms with E-state index in [1.807, 2.05) is 49.5 Å². The third-order valence-electron chi connectivity index (χ3n) is 3.41. The molecule has 0 bridgehead atoms. The number of thioether (sulfide) groups is 1. The number of hydrogen-bond acceptors (Lipinski definition) is 3. The second-order valence-corrected chi connectivity index (χ2v) is 6.41. The topological polar surface area (TPSA) is 30.7 Å². The molecule has 0 aliphatic heterocycles. The Labute approximate surface area is 139 Å². The van der Waals surface area contributed by atoms with Gasteiger partial charge in [-0.3, -0.25) is 0 Å². The van der Waals surface area contributed by atoms with Gasteiger partial charge in [-0.15, -0.1) is 10.2 Å². The molecule has 3 rings (SSSR count). The molecule has 0 saturated heterocycles. The molecule has 0 N–H and O–H groups in total. The van der Waals surface area contributed by atoms with Crippen molar-refractivity contribution in [2.75, 3.05) is 0 Å². The summed E-state index contributed by atoms with van der Waals surface area (Å²) < 4.78 is 2.06. The number of nitrogens with zero attached hydrogens (tertiary/aromatic N) is 3. The van der Waals surface area contributed by atoms with Crippen LogP contribution >= 0.6 is 23.4 Å². The zero-order chi connectivity index (χ0) is 15.4. The summed E-state index contributed by atoms with van der Waals surface area (Å²) in [5.41, 5.74) is 2.47. The molecule has 3 aromatic rings. The van der Waals surface area contributed by atoms with E-state index >= 15 is 0 Å². The molecule has 0 saturated carbocycles. The first-order chi connectivity index (χ1) is 10.7. The van der Waals surface area contributed by atoms with Crippen LogP contribution in [0.2, 0.25) is 5.02 Å². The van der Waals surface area contributed by atoms with Crippen LogP contribution < -0.4 is 0 Å². The highest BCUT2D eigenvalue weighted by atomic mass is 35.5. The van der Waals surface area contributed by atoms with Gasteiger partial charge in [-0.25, -0.2) is 0 Å². The average molecular weight is 330 g/mol. The zero-order valence-corrected chi connectivity index (χ0v) is 13.8. The van der Waals surface area contributed by atoms with Gasteiger partial charge in [-0.1, -0.05) is 65.8 Å². The Hall–Kier alpha value is -1.78. The fourth-order valence-corrected chi connectivity index (χ4v) is 3.14. The van der Waals surface area contributed by atoms with E-state index in [-0.39, 0.29) is 0 Å². The maximum atomic E-state index is 5.90. The molecule has 0 amide bonds. The molecule has 2 aromatic carbocycles. The summed E-state index contributed by atoms with van der Waals surface area (Å²) in [6.45, 7) is 0. The van der Waals surface area contributed by atoms with Gasteiger partial charge in [0.25, 0.3) is 0 Å². The molecule has 0 unspecified atom stereocenters. The molecule has 112 valence electrons. The highest BCUT2D eigenvalue weighted by Gasteiger charge is 2.10. The number of halogens is 1. The van der Waals surface area contributed by atoms with E-state index in [1.165, 1.54) is 11.1 Å². The number of hydrogen-bond donors (Lipinski definition) is 0. The minimum Gasteiger partial charge on any atom is -0.309 e. The van der Waals surface area contributed by atoms with Crippen LogP contribution in [0.25, 0.3) is 0 Å². The van der Waals surface area contributed by atoms with E-state index in [0.29, 0.717) is 0 Å². The van der Waals surface area contributed by atoms with Crippen LogP contribution in [0.1, 0.15) is 17.0 Å². The van der Waals surface area contributed by atoms with Crippen molar-refractivity contribution in [3.05, 3.63) is 76.6 Å². The summed E-state index contributed by atoms with van der Waals surface area (Å²) in [5, 5.41) is 10.3. The maximum Gasteiger partial charge on any atom is 0.191 e. The van der Waals surface area contributed by atoms with Gasteiger partial charge >= 0.3 is 0 Å². The van der Waals surface area contributed by atoms with E-state index in [1.54, 1.807) is 11.8 Å². The van der Waals surface area contributed by atoms with Gasteiger partial charge in [0, 0.05) is 24.2 Å². The Kier molecular flexibility index (Phi) is 4.80. The van der Waals surface area contributed by atoms with Crippen molar-refractivity contribution in [3.63, 3.8) is 0 Å². The average Bonchev–Trinajstić information content (AvgIpc) is 2.88. The molecule has 0 radical (unpaired) electrons. The fourth-order valence-electron chi connectivity index (χ4n) is 2.13. The van der Waals surface area contributed by atoms with Gasteiger partial charge in [0.05, 0.1) is 0 Å². The van der Waals surface area contributed by atoms with Gasteiger partial charge in [-0.2, -0.15) is 0 Å². The number of aromatic nitrogens is 3. The van der Waals surface area contributed by atoms with Gasteiger partial charge in [-0.05, 0) is 23.3 Å². The second-order valence-electron chi connectivity index (χ2n) is 5.04. The normalized spacial score (nSPS) is 10.8. The molecule has 0 spiro atoms. The van der Waals surface area contributed by atoms with Gasteiger partial charge in [0.1, 0.15) is 5.82 Å². The van der Waals surface area contributed by atoms with E-state index in [2.05, 4.69) is 26.9 Å². The summed E-state index contributed by atoms with van der Waals surface area (Å²) in [6.07, 6.45) is 0.797. The Morgan fingerprint density at radius 1 is 0.955 bits per heavy atom. The molecule has 1 aromatic heterocycles. The van der Waals surface area contributed by atoms with Crippen LogP contribution in [0.5, 0.6) is 0 Å². The molecular weight excluding hydrogens is 314 g/mol. The predicted molar refractivity (Wildman–Crippen MR) is 91.3 cm³/mol. The molecule has 0 aliphatic rings. The summed E-state index contributed by atoms with van der Waals surface area (Å²) in [4.78, 5) is 0. The van der Waals surface area contributed by atoms with Gasteiger partial charge in [0.15, 0.2) is 5.16 Å². The molecule has 0 fully saturated rings. The molecule has 0 atom stereocenters. The summed E-state index contributed by atoms with van der Waals surface area (Å²) in [6, 6.07) is 18.2. The summed E-state index contributed by atoms with van der Waals surface area (Å²) in [5.74, 6) is 1.83. The van der Waals surface area contributed by atoms with Gasteiger partial charge in [0.2, 0.25) is 0 Å². The Morgan fingerprint density at radius 2 is 1.68 bits per heavy atom. The van der Waals surface area contributed by atoms with Crippen molar-refractivity contribution >= 4 is 23.4 Å². The van der Waals surface area contributed by atoms with Crippen molar-refractivity contribution in [2.24, 2.45) is 7.05 Å². The van der Waals surface area contributed by atoms with Crippen LogP contribution in [0.3, 0.4) is 0 Å². The second kappa shape index (κ2) is 6.99. The van der Waals surface area contributed by atoms with Crippen LogP contribution in [0.15, 0.2) is 59.8 Å². The van der Waals surface area contributed by atoms with Crippen LogP contribution in [-0.2, 0) is 19.2 Å². The number of benzene rings is 2. The fraction of sp³-hybridized carbons (Fsp3) is 0.176. The third kappa shape index (κ3) is 3.70. The summed E-state index contributed by atoms with van der Waals surface area (Å²) in [7, 11) is 2.02. The number of rotatable bonds is 5. The Bertz CT molecular complexity index is 738. The first-order valence-electron chi connectivity index (χ1n) is 7.02. The molecule has 5 heteroatoms. The lowest BCUT2D eigenvalue weighted by atomic mass is 10.1. The van der Waals surface area contributed by atoms with Crippen molar-refractivity contribution in [1.82, 2.24) is 14.8 Å². The molecular formula is C17H16ClN3S. The molecule has 3 nitrogen and oxygen atoms in total. The predicted octanol–water partition coefficient (Wildman–Crippen LogP) is 4.35. The van der Waals surface area contributed by atoms with Crippen molar-refractivity contribution in [3.8, 4) is 0 Å². The van der Waals surface area contributed by atoms with E-state index in [9.17, 15) is 0 Å². The van der Waals surface area contributed by atoms with Crippen molar-refractivity contribution in [1.29, 1.82) is 0 Å². The SMILES string of the molecule is Cn1c(Cc2ccccc2)nnc1SCc1ccc(Cl)cc1. The highest BCUT2D eigenvalue weighted by Crippen LogP contribution is 2.22. The Morgan fingerprint density at radius 3 is 2.41 bits per heavy atom. The van der Waals surface area contributed by atoms with Gasteiger partial charge < -0.3 is 4.57 Å². The van der Waals surface area contributed by atoms with Crippen LogP contribution in [-0.4, -0.2) is 14.8 Å². The maximum absolute atomic E-state index is 5.90. The Balaban J connectivity index is 1.67. The monoisotopic (exact) mass is 329 g/mol. The third-order valence-corrected chi connectivity index (χ3v) is 4.75. The molecule has 22 heavy (non-hydrogen) atoms. The minimum absolute atomic E-state index is 0.762. The lowest BCUT2D eigenvalue weighted by molar-refractivity contribution is 0.749. The van der Waals surface area contributed by atoms with Crippen LogP contribution in [0, 0.1) is 0 Å². The van der Waals surface area contributed by atoms with Crippen LogP contribution in [0.4, 0.5) is 0 Å². The highest BCUT2D eigenvalue weighted by molar-refractivity contribution is 7.98. The standard InChI is InChI=1S/C17H16ClN3S/c1-21-16(11-13-5-3-2-4-6-13)19-20-17(21)22-12-14-7-9-15(18)10-8-14/h2-10H,11-12H2,1H3. The molecule has 0 aliphatic carbocycles. The van der Waals surface area contributed by atoms with E-state index in [4.69, 9.17) is 11.6 Å². The zero-order valence-electron chi connectivity index (χ0n) is 12.2. The largest absolute Gasteiger partial charge is 0.309 e. The first kappa shape index (κ1) is 15.1. The lowest BCUT2D eigenvalue weighted by Crippen LogP contribution is -2.00.